The second-order valence-electron chi connectivity index (χ2n) is 6.71. The van der Waals surface area contributed by atoms with E-state index in [9.17, 15) is 14.0 Å². The van der Waals surface area contributed by atoms with Gasteiger partial charge < -0.3 is 0 Å². The molecule has 2 N–H and O–H groups in total. The number of carbonyl (C=O) groups is 2. The average Bonchev–Trinajstić information content (AvgIpc) is 3.29. The minimum absolute atomic E-state index is 0.209. The van der Waals surface area contributed by atoms with Crippen molar-refractivity contribution in [2.45, 2.75) is 26.2 Å². The molecule has 0 saturated carbocycles. The lowest BCUT2D eigenvalue weighted by atomic mass is 10.1. The molecule has 0 bridgehead atoms. The number of benzene rings is 2. The summed E-state index contributed by atoms with van der Waals surface area (Å²) in [6.45, 7) is 1.82. The maximum atomic E-state index is 14.2. The van der Waals surface area contributed by atoms with Crippen molar-refractivity contribution in [2.24, 2.45) is 0 Å². The zero-order valence-electron chi connectivity index (χ0n) is 15.3. The molecule has 0 unspecified atom stereocenters. The van der Waals surface area contributed by atoms with E-state index in [0.29, 0.717) is 17.7 Å². The van der Waals surface area contributed by atoms with E-state index in [2.05, 4.69) is 16.0 Å². The molecule has 3 aromatic rings. The highest BCUT2D eigenvalue weighted by molar-refractivity contribution is 5.99. The largest absolute Gasteiger partial charge is 0.290 e. The third-order valence-corrected chi connectivity index (χ3v) is 4.91. The van der Waals surface area contributed by atoms with Crippen LogP contribution in [0, 0.1) is 12.7 Å². The Morgan fingerprint density at radius 2 is 1.71 bits per heavy atom. The van der Waals surface area contributed by atoms with Gasteiger partial charge in [0.25, 0.3) is 11.8 Å². The van der Waals surface area contributed by atoms with Crippen LogP contribution < -0.4 is 10.9 Å². The second kappa shape index (κ2) is 7.26. The first-order chi connectivity index (χ1) is 13.6. The Labute approximate surface area is 161 Å². The third-order valence-electron chi connectivity index (χ3n) is 4.91. The van der Waals surface area contributed by atoms with E-state index in [-0.39, 0.29) is 5.69 Å². The van der Waals surface area contributed by atoms with Crippen LogP contribution >= 0.6 is 0 Å². The van der Waals surface area contributed by atoms with Crippen LogP contribution in [0.1, 0.15) is 44.1 Å². The first-order valence-corrected chi connectivity index (χ1v) is 9.08. The summed E-state index contributed by atoms with van der Waals surface area (Å²) in [4.78, 5) is 25.0. The molecule has 7 heteroatoms. The van der Waals surface area contributed by atoms with Crippen LogP contribution in [0.25, 0.3) is 5.69 Å². The quantitative estimate of drug-likeness (QED) is 0.688. The Kier molecular flexibility index (Phi) is 4.65. The van der Waals surface area contributed by atoms with Crippen molar-refractivity contribution >= 4 is 11.8 Å². The number of hydrogen-bond acceptors (Lipinski definition) is 3. The monoisotopic (exact) mass is 378 g/mol. The summed E-state index contributed by atoms with van der Waals surface area (Å²) in [5.41, 5.74) is 8.28. The van der Waals surface area contributed by atoms with E-state index in [4.69, 9.17) is 0 Å². The molecule has 142 valence electrons. The molecular weight excluding hydrogens is 359 g/mol. The van der Waals surface area contributed by atoms with Gasteiger partial charge in [-0.2, -0.15) is 5.10 Å². The van der Waals surface area contributed by atoms with Gasteiger partial charge in [-0.05, 0) is 49.9 Å². The summed E-state index contributed by atoms with van der Waals surface area (Å²) in [6.07, 6.45) is 2.29. The number of nitrogens with zero attached hydrogens (tertiary/aromatic N) is 2. The number of aryl methyl sites for hydroxylation is 1. The van der Waals surface area contributed by atoms with Gasteiger partial charge in [-0.1, -0.05) is 30.3 Å². The summed E-state index contributed by atoms with van der Waals surface area (Å²) >= 11 is 0. The van der Waals surface area contributed by atoms with E-state index in [1.165, 1.54) is 10.7 Å². The first-order valence-electron chi connectivity index (χ1n) is 9.08. The van der Waals surface area contributed by atoms with Gasteiger partial charge in [-0.3, -0.25) is 20.4 Å². The summed E-state index contributed by atoms with van der Waals surface area (Å²) in [5.74, 6) is -1.33. The molecule has 0 saturated heterocycles. The van der Waals surface area contributed by atoms with Crippen molar-refractivity contribution in [3.63, 3.8) is 0 Å². The fraction of sp³-hybridized carbons (Fsp3) is 0.190. The Morgan fingerprint density at radius 3 is 2.50 bits per heavy atom. The predicted octanol–water partition coefficient (Wildman–Crippen LogP) is 2.88. The number of nitrogens with one attached hydrogen (secondary N) is 2. The minimum atomic E-state index is -0.518. The van der Waals surface area contributed by atoms with Crippen LogP contribution in [0.4, 0.5) is 4.39 Å². The van der Waals surface area contributed by atoms with Crippen molar-refractivity contribution in [1.29, 1.82) is 0 Å². The standard InChI is InChI=1S/C21H19FN4O2/c1-13-7-2-3-8-14(13)20(27)23-24-21(28)19-15-9-6-12-17(15)26(25-19)18-11-5-4-10-16(18)22/h2-5,7-8,10-11H,6,9,12H2,1H3,(H,23,27)(H,24,28). The Morgan fingerprint density at radius 1 is 1.00 bits per heavy atom. The van der Waals surface area contributed by atoms with Crippen molar-refractivity contribution in [1.82, 2.24) is 20.6 Å². The molecule has 6 nitrogen and oxygen atoms in total. The van der Waals surface area contributed by atoms with Gasteiger partial charge in [0.1, 0.15) is 11.5 Å². The highest BCUT2D eigenvalue weighted by Crippen LogP contribution is 2.28. The van der Waals surface area contributed by atoms with Gasteiger partial charge >= 0.3 is 0 Å². The van der Waals surface area contributed by atoms with Crippen LogP contribution in [0.5, 0.6) is 0 Å². The molecule has 1 aliphatic rings. The van der Waals surface area contributed by atoms with E-state index in [0.717, 1.165) is 29.7 Å². The number of fused-ring (bicyclic) bond motifs is 1. The Balaban J connectivity index is 1.57. The molecule has 0 aliphatic heterocycles. The van der Waals surface area contributed by atoms with Crippen LogP contribution in [-0.4, -0.2) is 21.6 Å². The Hall–Kier alpha value is -3.48. The highest BCUT2D eigenvalue weighted by Gasteiger charge is 2.28. The zero-order valence-corrected chi connectivity index (χ0v) is 15.3. The number of para-hydroxylation sites is 1. The molecule has 0 fully saturated rings. The van der Waals surface area contributed by atoms with Crippen molar-refractivity contribution in [3.05, 3.63) is 82.4 Å². The van der Waals surface area contributed by atoms with Gasteiger partial charge in [0.05, 0.1) is 0 Å². The normalized spacial score (nSPS) is 12.5. The lowest BCUT2D eigenvalue weighted by Crippen LogP contribution is -2.42. The number of hydrazine groups is 1. The highest BCUT2D eigenvalue weighted by atomic mass is 19.1. The lowest BCUT2D eigenvalue weighted by Gasteiger charge is -2.08. The zero-order chi connectivity index (χ0) is 19.7. The second-order valence-corrected chi connectivity index (χ2v) is 6.71. The van der Waals surface area contributed by atoms with Crippen molar-refractivity contribution < 1.29 is 14.0 Å². The molecule has 0 spiro atoms. The van der Waals surface area contributed by atoms with Crippen LogP contribution in [-0.2, 0) is 12.8 Å². The topological polar surface area (TPSA) is 76.0 Å². The molecule has 1 aromatic heterocycles. The third kappa shape index (κ3) is 3.15. The van der Waals surface area contributed by atoms with Gasteiger partial charge in [0.2, 0.25) is 0 Å². The van der Waals surface area contributed by atoms with Crippen molar-refractivity contribution in [3.8, 4) is 5.69 Å². The molecule has 28 heavy (non-hydrogen) atoms. The number of hydrogen-bond donors (Lipinski definition) is 2. The maximum absolute atomic E-state index is 14.2. The van der Waals surface area contributed by atoms with Crippen LogP contribution in [0.15, 0.2) is 48.5 Å². The molecule has 2 amide bonds. The SMILES string of the molecule is Cc1ccccc1C(=O)NNC(=O)c1nn(-c2ccccc2F)c2c1CCC2. The summed E-state index contributed by atoms with van der Waals surface area (Å²) in [5, 5.41) is 4.34. The molecule has 0 radical (unpaired) electrons. The fourth-order valence-electron chi connectivity index (χ4n) is 3.51. The minimum Gasteiger partial charge on any atom is -0.267 e. The molecular formula is C21H19FN4O2. The number of carbonyl (C=O) groups excluding carboxylic acids is 2. The van der Waals surface area contributed by atoms with Gasteiger partial charge in [0.15, 0.2) is 5.69 Å². The van der Waals surface area contributed by atoms with Crippen LogP contribution in [0.3, 0.4) is 0 Å². The summed E-state index contributed by atoms with van der Waals surface area (Å²) in [7, 11) is 0. The molecule has 0 atom stereocenters. The Bertz CT molecular complexity index is 1070. The van der Waals surface area contributed by atoms with Crippen molar-refractivity contribution in [2.75, 3.05) is 0 Å². The van der Waals surface area contributed by atoms with E-state index < -0.39 is 17.6 Å². The molecule has 1 heterocycles. The number of rotatable bonds is 3. The predicted molar refractivity (Wildman–Crippen MR) is 102 cm³/mol. The van der Waals surface area contributed by atoms with E-state index >= 15 is 0 Å². The smallest absolute Gasteiger partial charge is 0.267 e. The summed E-state index contributed by atoms with van der Waals surface area (Å²) < 4.78 is 15.7. The number of aromatic nitrogens is 2. The maximum Gasteiger partial charge on any atom is 0.290 e. The lowest BCUT2D eigenvalue weighted by molar-refractivity contribution is 0.0842. The molecule has 4 rings (SSSR count). The molecule has 1 aliphatic carbocycles. The van der Waals surface area contributed by atoms with Gasteiger partial charge in [-0.15, -0.1) is 0 Å². The number of halogens is 1. The summed E-state index contributed by atoms with van der Waals surface area (Å²) in [6, 6.07) is 13.4. The van der Waals surface area contributed by atoms with Gasteiger partial charge in [-0.25, -0.2) is 9.07 Å². The fourth-order valence-corrected chi connectivity index (χ4v) is 3.51. The van der Waals surface area contributed by atoms with Crippen LogP contribution in [0.2, 0.25) is 0 Å². The van der Waals surface area contributed by atoms with Gasteiger partial charge in [0, 0.05) is 16.8 Å². The first kappa shape index (κ1) is 17.9. The molecule has 2 aromatic carbocycles. The average molecular weight is 378 g/mol. The number of amides is 2. The van der Waals surface area contributed by atoms with E-state index in [1.807, 2.05) is 19.1 Å². The van der Waals surface area contributed by atoms with E-state index in [1.54, 1.807) is 30.3 Å².